The van der Waals surface area contributed by atoms with Gasteiger partial charge in [0.15, 0.2) is 0 Å². The summed E-state index contributed by atoms with van der Waals surface area (Å²) in [5.41, 5.74) is 4.56. The van der Waals surface area contributed by atoms with E-state index in [0.717, 1.165) is 23.3 Å². The normalized spacial score (nSPS) is 14.4. The molecule has 0 saturated carbocycles. The molecule has 0 saturated heterocycles. The van der Waals surface area contributed by atoms with Crippen LogP contribution in [0.25, 0.3) is 0 Å². The predicted molar refractivity (Wildman–Crippen MR) is 80.5 cm³/mol. The molecule has 1 aromatic rings. The monoisotopic (exact) mass is 264 g/mol. The van der Waals surface area contributed by atoms with E-state index in [-0.39, 0.29) is 0 Å². The first-order valence-corrected chi connectivity index (χ1v) is 7.29. The van der Waals surface area contributed by atoms with Crippen LogP contribution in [0.1, 0.15) is 55.0 Å². The van der Waals surface area contributed by atoms with E-state index in [4.69, 9.17) is 4.74 Å². The molecule has 1 aromatic carbocycles. The van der Waals surface area contributed by atoms with Gasteiger partial charge in [-0.25, -0.2) is 0 Å². The first-order valence-electron chi connectivity index (χ1n) is 7.29. The van der Waals surface area contributed by atoms with Crippen molar-refractivity contribution in [2.45, 2.75) is 53.6 Å². The van der Waals surface area contributed by atoms with Crippen LogP contribution in [0.2, 0.25) is 0 Å². The third kappa shape index (κ3) is 4.96. The van der Waals surface area contributed by atoms with Crippen molar-refractivity contribution in [2.75, 3.05) is 13.2 Å². The summed E-state index contributed by atoms with van der Waals surface area (Å²) in [5.74, 6) is 0.567. The number of benzene rings is 1. The van der Waals surface area contributed by atoms with Crippen LogP contribution in [-0.2, 0) is 4.74 Å². The molecule has 0 aliphatic heterocycles. The van der Waals surface area contributed by atoms with Crippen LogP contribution in [0, 0.1) is 26.7 Å². The van der Waals surface area contributed by atoms with Crippen LogP contribution in [0.3, 0.4) is 0 Å². The molecule has 19 heavy (non-hydrogen) atoms. The van der Waals surface area contributed by atoms with Crippen LogP contribution in [-0.4, -0.2) is 18.3 Å². The number of aryl methyl sites for hydroxylation is 3. The third-order valence-electron chi connectivity index (χ3n) is 3.53. The molecule has 0 fully saturated rings. The second-order valence-electron chi connectivity index (χ2n) is 5.76. The molecule has 2 unspecified atom stereocenters. The van der Waals surface area contributed by atoms with Crippen LogP contribution in [0.5, 0.6) is 0 Å². The van der Waals surface area contributed by atoms with Crippen molar-refractivity contribution in [3.63, 3.8) is 0 Å². The lowest BCUT2D eigenvalue weighted by Gasteiger charge is -2.19. The topological polar surface area (TPSA) is 29.5 Å². The molecule has 0 heterocycles. The SMILES string of the molecule is CCCC(C)COCC(O)c1c(C)cc(C)cc1C. The highest BCUT2D eigenvalue weighted by molar-refractivity contribution is 5.38. The van der Waals surface area contributed by atoms with Gasteiger partial charge in [-0.1, -0.05) is 38.0 Å². The Labute approximate surface area is 117 Å². The summed E-state index contributed by atoms with van der Waals surface area (Å²) in [5, 5.41) is 10.3. The molecule has 1 N–H and O–H groups in total. The summed E-state index contributed by atoms with van der Waals surface area (Å²) in [6.45, 7) is 11.7. The first kappa shape index (κ1) is 16.2. The summed E-state index contributed by atoms with van der Waals surface area (Å²) in [6, 6.07) is 4.23. The average molecular weight is 264 g/mol. The van der Waals surface area contributed by atoms with E-state index in [9.17, 15) is 5.11 Å². The highest BCUT2D eigenvalue weighted by Gasteiger charge is 2.14. The average Bonchev–Trinajstić information content (AvgIpc) is 2.27. The highest BCUT2D eigenvalue weighted by atomic mass is 16.5. The van der Waals surface area contributed by atoms with E-state index in [1.54, 1.807) is 0 Å². The van der Waals surface area contributed by atoms with Crippen LogP contribution in [0.15, 0.2) is 12.1 Å². The molecule has 0 radical (unpaired) electrons. The predicted octanol–water partition coefficient (Wildman–Crippen LogP) is 4.10. The number of aliphatic hydroxyl groups is 1. The molecule has 0 aliphatic rings. The third-order valence-corrected chi connectivity index (χ3v) is 3.53. The van der Waals surface area contributed by atoms with Gasteiger partial charge in [-0.2, -0.15) is 0 Å². The number of ether oxygens (including phenoxy) is 1. The lowest BCUT2D eigenvalue weighted by atomic mass is 9.96. The Balaban J connectivity index is 2.56. The zero-order valence-electron chi connectivity index (χ0n) is 13.0. The summed E-state index contributed by atoms with van der Waals surface area (Å²) in [4.78, 5) is 0. The second-order valence-corrected chi connectivity index (χ2v) is 5.76. The van der Waals surface area contributed by atoms with Gasteiger partial charge in [-0.05, 0) is 49.8 Å². The van der Waals surface area contributed by atoms with E-state index >= 15 is 0 Å². The van der Waals surface area contributed by atoms with Crippen LogP contribution < -0.4 is 0 Å². The van der Waals surface area contributed by atoms with Crippen LogP contribution >= 0.6 is 0 Å². The maximum atomic E-state index is 10.3. The molecule has 2 nitrogen and oxygen atoms in total. The van der Waals surface area contributed by atoms with Crippen molar-refractivity contribution in [3.05, 3.63) is 34.4 Å². The second kappa shape index (κ2) is 7.66. The number of hydrogen-bond acceptors (Lipinski definition) is 2. The van der Waals surface area contributed by atoms with Gasteiger partial charge in [-0.3, -0.25) is 0 Å². The molecule has 0 spiro atoms. The summed E-state index contributed by atoms with van der Waals surface area (Å²) < 4.78 is 5.65. The van der Waals surface area contributed by atoms with Crippen molar-refractivity contribution < 1.29 is 9.84 Å². The van der Waals surface area contributed by atoms with Gasteiger partial charge in [0.25, 0.3) is 0 Å². The van der Waals surface area contributed by atoms with Gasteiger partial charge >= 0.3 is 0 Å². The van der Waals surface area contributed by atoms with E-state index < -0.39 is 6.10 Å². The van der Waals surface area contributed by atoms with E-state index in [1.165, 1.54) is 18.4 Å². The van der Waals surface area contributed by atoms with E-state index in [2.05, 4.69) is 46.8 Å². The van der Waals surface area contributed by atoms with Crippen LogP contribution in [0.4, 0.5) is 0 Å². The maximum Gasteiger partial charge on any atom is 0.103 e. The summed E-state index contributed by atoms with van der Waals surface area (Å²) in [6.07, 6.45) is 1.84. The Morgan fingerprint density at radius 1 is 1.11 bits per heavy atom. The quantitative estimate of drug-likeness (QED) is 0.803. The zero-order valence-corrected chi connectivity index (χ0v) is 13.0. The number of aliphatic hydroxyl groups excluding tert-OH is 1. The zero-order chi connectivity index (χ0) is 14.4. The van der Waals surface area contributed by atoms with Crippen molar-refractivity contribution in [2.24, 2.45) is 5.92 Å². The van der Waals surface area contributed by atoms with Gasteiger partial charge in [-0.15, -0.1) is 0 Å². The van der Waals surface area contributed by atoms with Gasteiger partial charge in [0.1, 0.15) is 6.10 Å². The molecule has 0 aliphatic carbocycles. The lowest BCUT2D eigenvalue weighted by Crippen LogP contribution is -2.14. The molecule has 1 rings (SSSR count). The van der Waals surface area contributed by atoms with Crippen molar-refractivity contribution >= 4 is 0 Å². The van der Waals surface area contributed by atoms with Gasteiger partial charge < -0.3 is 9.84 Å². The molecule has 108 valence electrons. The lowest BCUT2D eigenvalue weighted by molar-refractivity contribution is 0.0210. The summed E-state index contributed by atoms with van der Waals surface area (Å²) >= 11 is 0. The Kier molecular flexibility index (Phi) is 6.53. The standard InChI is InChI=1S/C17H28O2/c1-6-7-12(2)10-19-11-16(18)17-14(4)8-13(3)9-15(17)5/h8-9,12,16,18H,6-7,10-11H2,1-5H3. The van der Waals surface area contributed by atoms with E-state index in [1.807, 2.05) is 0 Å². The Morgan fingerprint density at radius 2 is 1.68 bits per heavy atom. The minimum absolute atomic E-state index is 0.388. The van der Waals surface area contributed by atoms with Crippen molar-refractivity contribution in [3.8, 4) is 0 Å². The summed E-state index contributed by atoms with van der Waals surface area (Å²) in [7, 11) is 0. The van der Waals surface area contributed by atoms with Crippen molar-refractivity contribution in [1.29, 1.82) is 0 Å². The van der Waals surface area contributed by atoms with Gasteiger partial charge in [0, 0.05) is 6.61 Å². The molecule has 2 heteroatoms. The molecular weight excluding hydrogens is 236 g/mol. The Morgan fingerprint density at radius 3 is 2.21 bits per heavy atom. The number of rotatable bonds is 7. The smallest absolute Gasteiger partial charge is 0.103 e. The van der Waals surface area contributed by atoms with Crippen molar-refractivity contribution in [1.82, 2.24) is 0 Å². The fourth-order valence-electron chi connectivity index (χ4n) is 2.76. The molecule has 0 bridgehead atoms. The number of hydrogen-bond donors (Lipinski definition) is 1. The van der Waals surface area contributed by atoms with E-state index in [0.29, 0.717) is 12.5 Å². The van der Waals surface area contributed by atoms with Gasteiger partial charge in [0.2, 0.25) is 0 Å². The Bertz CT molecular complexity index is 375. The minimum atomic E-state index is -0.519. The van der Waals surface area contributed by atoms with Gasteiger partial charge in [0.05, 0.1) is 6.61 Å². The largest absolute Gasteiger partial charge is 0.386 e. The fourth-order valence-corrected chi connectivity index (χ4v) is 2.76. The maximum absolute atomic E-state index is 10.3. The molecule has 2 atom stereocenters. The Hall–Kier alpha value is -0.860. The molecule has 0 amide bonds. The molecular formula is C17H28O2. The first-order chi connectivity index (χ1) is 8.95. The molecule has 0 aromatic heterocycles. The highest BCUT2D eigenvalue weighted by Crippen LogP contribution is 2.24. The fraction of sp³-hybridized carbons (Fsp3) is 0.647. The minimum Gasteiger partial charge on any atom is -0.386 e.